The summed E-state index contributed by atoms with van der Waals surface area (Å²) in [6.45, 7) is 5.82. The molecule has 0 aliphatic carbocycles. The first-order chi connectivity index (χ1) is 11.0. The van der Waals surface area contributed by atoms with Gasteiger partial charge in [0.2, 0.25) is 11.0 Å². The van der Waals surface area contributed by atoms with Crippen molar-refractivity contribution in [2.24, 2.45) is 5.92 Å². The van der Waals surface area contributed by atoms with Gasteiger partial charge in [0.25, 0.3) is 5.91 Å². The quantitative estimate of drug-likeness (QED) is 0.848. The number of carbonyl (C=O) groups is 2. The maximum Gasteiger partial charge on any atom is 0.257 e. The molecule has 0 radical (unpaired) electrons. The average molecular weight is 332 g/mol. The van der Waals surface area contributed by atoms with E-state index in [9.17, 15) is 9.59 Å². The molecule has 1 aromatic carbocycles. The van der Waals surface area contributed by atoms with E-state index in [1.165, 1.54) is 11.3 Å². The molecule has 0 atom stereocenters. The molecule has 0 saturated carbocycles. The van der Waals surface area contributed by atoms with Crippen LogP contribution >= 0.6 is 11.3 Å². The summed E-state index contributed by atoms with van der Waals surface area (Å²) < 4.78 is 0. The van der Waals surface area contributed by atoms with Crippen molar-refractivity contribution < 1.29 is 9.59 Å². The van der Waals surface area contributed by atoms with Gasteiger partial charge in [0.1, 0.15) is 5.01 Å². The number of carbonyl (C=O) groups excluding carboxylic acids is 2. The molecule has 2 aromatic rings. The molecule has 122 valence electrons. The number of hydrogen-bond acceptors (Lipinski definition) is 5. The fourth-order valence-electron chi connectivity index (χ4n) is 2.13. The fraction of sp³-hybridized carbons (Fsp3) is 0.375. The third-order valence-corrected chi connectivity index (χ3v) is 4.27. The molecule has 6 nitrogen and oxygen atoms in total. The topological polar surface area (TPSA) is 84.0 Å². The number of nitrogens with one attached hydrogen (secondary N) is 2. The van der Waals surface area contributed by atoms with Gasteiger partial charge < -0.3 is 5.32 Å². The molecular formula is C16H20N4O2S. The molecule has 0 spiro atoms. The number of amides is 2. The van der Waals surface area contributed by atoms with Gasteiger partial charge in [-0.3, -0.25) is 14.9 Å². The molecule has 0 saturated heterocycles. The molecule has 2 N–H and O–H groups in total. The summed E-state index contributed by atoms with van der Waals surface area (Å²) in [6.07, 6.45) is 1.62. The number of hydrogen-bond donors (Lipinski definition) is 2. The number of anilines is 2. The van der Waals surface area contributed by atoms with E-state index in [4.69, 9.17) is 0 Å². The van der Waals surface area contributed by atoms with Gasteiger partial charge in [-0.25, -0.2) is 0 Å². The van der Waals surface area contributed by atoms with Crippen molar-refractivity contribution in [2.45, 2.75) is 33.6 Å². The molecular weight excluding hydrogens is 312 g/mol. The molecule has 1 aromatic heterocycles. The molecule has 7 heteroatoms. The zero-order valence-corrected chi connectivity index (χ0v) is 14.2. The second-order valence-corrected chi connectivity index (χ2v) is 6.34. The molecule has 0 unspecified atom stereocenters. The van der Waals surface area contributed by atoms with Crippen molar-refractivity contribution in [3.05, 3.63) is 34.8 Å². The minimum atomic E-state index is -0.251. The third-order valence-electron chi connectivity index (χ3n) is 3.52. The Morgan fingerprint density at radius 3 is 2.26 bits per heavy atom. The molecule has 0 bridgehead atoms. The highest BCUT2D eigenvalue weighted by Gasteiger charge is 2.14. The lowest BCUT2D eigenvalue weighted by atomic mass is 10.0. The lowest BCUT2D eigenvalue weighted by Crippen LogP contribution is -2.21. The van der Waals surface area contributed by atoms with Crippen LogP contribution in [0.25, 0.3) is 0 Å². The predicted octanol–water partition coefficient (Wildman–Crippen LogP) is 3.47. The van der Waals surface area contributed by atoms with Crippen LogP contribution in [0.4, 0.5) is 10.8 Å². The Balaban J connectivity index is 1.98. The minimum Gasteiger partial charge on any atom is -0.326 e. The van der Waals surface area contributed by atoms with E-state index < -0.39 is 0 Å². The van der Waals surface area contributed by atoms with Crippen molar-refractivity contribution in [2.75, 3.05) is 10.6 Å². The van der Waals surface area contributed by atoms with Crippen molar-refractivity contribution >= 4 is 34.0 Å². The van der Waals surface area contributed by atoms with Gasteiger partial charge in [0, 0.05) is 17.2 Å². The number of rotatable bonds is 6. The van der Waals surface area contributed by atoms with Gasteiger partial charge in [-0.2, -0.15) is 0 Å². The molecule has 0 aliphatic rings. The van der Waals surface area contributed by atoms with Gasteiger partial charge in [0.15, 0.2) is 0 Å². The van der Waals surface area contributed by atoms with Crippen LogP contribution in [0.2, 0.25) is 0 Å². The molecule has 0 fully saturated rings. The predicted molar refractivity (Wildman–Crippen MR) is 91.7 cm³/mol. The van der Waals surface area contributed by atoms with E-state index in [0.29, 0.717) is 16.4 Å². The number of aryl methyl sites for hydroxylation is 1. The SMILES string of the molecule is CCC(CC)C(=O)Nc1ccc(C(=O)Nc2nnc(C)s2)cc1. The van der Waals surface area contributed by atoms with Crippen LogP contribution in [0.5, 0.6) is 0 Å². The van der Waals surface area contributed by atoms with Gasteiger partial charge in [0.05, 0.1) is 0 Å². The number of aromatic nitrogens is 2. The molecule has 2 amide bonds. The van der Waals surface area contributed by atoms with Crippen LogP contribution in [-0.4, -0.2) is 22.0 Å². The lowest BCUT2D eigenvalue weighted by Gasteiger charge is -2.12. The first kappa shape index (κ1) is 17.1. The van der Waals surface area contributed by atoms with Crippen LogP contribution in [0.15, 0.2) is 24.3 Å². The Morgan fingerprint density at radius 2 is 1.74 bits per heavy atom. The van der Waals surface area contributed by atoms with Gasteiger partial charge >= 0.3 is 0 Å². The monoisotopic (exact) mass is 332 g/mol. The normalized spacial score (nSPS) is 10.6. The second-order valence-electron chi connectivity index (χ2n) is 5.16. The van der Waals surface area contributed by atoms with E-state index in [0.717, 1.165) is 17.8 Å². The summed E-state index contributed by atoms with van der Waals surface area (Å²) in [5, 5.41) is 14.5. The smallest absolute Gasteiger partial charge is 0.257 e. The summed E-state index contributed by atoms with van der Waals surface area (Å²) in [5.41, 5.74) is 1.18. The Hall–Kier alpha value is -2.28. The maximum atomic E-state index is 12.1. The average Bonchev–Trinajstić information content (AvgIpc) is 2.94. The summed E-state index contributed by atoms with van der Waals surface area (Å²) in [5.74, 6) is -0.228. The van der Waals surface area contributed by atoms with Crippen LogP contribution in [0.1, 0.15) is 42.1 Å². The second kappa shape index (κ2) is 7.82. The van der Waals surface area contributed by atoms with E-state index in [2.05, 4.69) is 20.8 Å². The number of nitrogens with zero attached hydrogens (tertiary/aromatic N) is 2. The van der Waals surface area contributed by atoms with E-state index in [-0.39, 0.29) is 17.7 Å². The van der Waals surface area contributed by atoms with Gasteiger partial charge in [-0.15, -0.1) is 10.2 Å². The molecule has 0 aliphatic heterocycles. The van der Waals surface area contributed by atoms with Crippen molar-refractivity contribution in [1.29, 1.82) is 0 Å². The van der Waals surface area contributed by atoms with Crippen LogP contribution in [0.3, 0.4) is 0 Å². The van der Waals surface area contributed by atoms with Crippen LogP contribution < -0.4 is 10.6 Å². The summed E-state index contributed by atoms with van der Waals surface area (Å²) in [6, 6.07) is 6.79. The fourth-order valence-corrected chi connectivity index (χ4v) is 2.71. The van der Waals surface area contributed by atoms with Crippen molar-refractivity contribution in [1.82, 2.24) is 10.2 Å². The summed E-state index contributed by atoms with van der Waals surface area (Å²) in [4.78, 5) is 24.1. The Labute approximate surface area is 139 Å². The van der Waals surface area contributed by atoms with Gasteiger partial charge in [-0.05, 0) is 44.0 Å². The molecule has 1 heterocycles. The lowest BCUT2D eigenvalue weighted by molar-refractivity contribution is -0.120. The largest absolute Gasteiger partial charge is 0.326 e. The zero-order chi connectivity index (χ0) is 16.8. The summed E-state index contributed by atoms with van der Waals surface area (Å²) in [7, 11) is 0. The third kappa shape index (κ3) is 4.59. The Kier molecular flexibility index (Phi) is 5.81. The van der Waals surface area contributed by atoms with E-state index in [1.54, 1.807) is 24.3 Å². The zero-order valence-electron chi connectivity index (χ0n) is 13.4. The number of benzene rings is 1. The highest BCUT2D eigenvalue weighted by atomic mass is 32.1. The van der Waals surface area contributed by atoms with Crippen LogP contribution in [0, 0.1) is 12.8 Å². The molecule has 23 heavy (non-hydrogen) atoms. The maximum absolute atomic E-state index is 12.1. The van der Waals surface area contributed by atoms with Crippen molar-refractivity contribution in [3.8, 4) is 0 Å². The standard InChI is InChI=1S/C16H20N4O2S/c1-4-11(5-2)14(21)17-13-8-6-12(7-9-13)15(22)18-16-20-19-10(3)23-16/h6-9,11H,4-5H2,1-3H3,(H,17,21)(H,18,20,22). The Bertz CT molecular complexity index is 678. The van der Waals surface area contributed by atoms with E-state index in [1.807, 2.05) is 20.8 Å². The van der Waals surface area contributed by atoms with E-state index >= 15 is 0 Å². The van der Waals surface area contributed by atoms with Crippen LogP contribution in [-0.2, 0) is 4.79 Å². The highest BCUT2D eigenvalue weighted by Crippen LogP contribution is 2.17. The van der Waals surface area contributed by atoms with Crippen molar-refractivity contribution in [3.63, 3.8) is 0 Å². The minimum absolute atomic E-state index is 0.0107. The first-order valence-electron chi connectivity index (χ1n) is 7.55. The van der Waals surface area contributed by atoms with Gasteiger partial charge in [-0.1, -0.05) is 25.2 Å². The highest BCUT2D eigenvalue weighted by molar-refractivity contribution is 7.15. The Morgan fingerprint density at radius 1 is 1.09 bits per heavy atom. The first-order valence-corrected chi connectivity index (χ1v) is 8.37. The molecule has 2 rings (SSSR count). The summed E-state index contributed by atoms with van der Waals surface area (Å²) >= 11 is 1.32.